The molecule has 0 aliphatic carbocycles. The number of unbranched alkanes of at least 4 members (excludes halogenated alkanes) is 1. The summed E-state index contributed by atoms with van der Waals surface area (Å²) in [5.41, 5.74) is 6.39. The van der Waals surface area contributed by atoms with Gasteiger partial charge < -0.3 is 5.73 Å². The summed E-state index contributed by atoms with van der Waals surface area (Å²) < 4.78 is 0. The van der Waals surface area contributed by atoms with Crippen molar-refractivity contribution in [1.82, 2.24) is 0 Å². The highest BCUT2D eigenvalue weighted by Crippen LogP contribution is 2.27. The van der Waals surface area contributed by atoms with Gasteiger partial charge in [0.2, 0.25) is 0 Å². The second kappa shape index (κ2) is 6.42. The molecule has 0 aliphatic rings. The standard InChI is InChI=1S/C12H27N/c1-5-11(13)9-7-8-10-12(3,4)6-2/h11H,5-10,13H2,1-4H3. The van der Waals surface area contributed by atoms with E-state index in [-0.39, 0.29) is 0 Å². The van der Waals surface area contributed by atoms with Crippen molar-refractivity contribution in [1.29, 1.82) is 0 Å². The van der Waals surface area contributed by atoms with Crippen LogP contribution in [-0.4, -0.2) is 6.04 Å². The van der Waals surface area contributed by atoms with E-state index in [2.05, 4.69) is 27.7 Å². The fourth-order valence-corrected chi connectivity index (χ4v) is 1.39. The summed E-state index contributed by atoms with van der Waals surface area (Å²) in [6, 6.07) is 0.435. The van der Waals surface area contributed by atoms with E-state index < -0.39 is 0 Å². The lowest BCUT2D eigenvalue weighted by Crippen LogP contribution is -2.18. The number of hydrogen-bond donors (Lipinski definition) is 1. The van der Waals surface area contributed by atoms with E-state index in [9.17, 15) is 0 Å². The van der Waals surface area contributed by atoms with Crippen molar-refractivity contribution in [3.63, 3.8) is 0 Å². The lowest BCUT2D eigenvalue weighted by Gasteiger charge is -2.22. The van der Waals surface area contributed by atoms with Gasteiger partial charge in [0.05, 0.1) is 0 Å². The summed E-state index contributed by atoms with van der Waals surface area (Å²) in [6.07, 6.45) is 7.60. The average Bonchev–Trinajstić information content (AvgIpc) is 2.12. The normalized spacial score (nSPS) is 14.5. The van der Waals surface area contributed by atoms with Gasteiger partial charge in [-0.05, 0) is 24.7 Å². The second-order valence-corrected chi connectivity index (χ2v) is 4.93. The Balaban J connectivity index is 3.35. The third-order valence-corrected chi connectivity index (χ3v) is 3.16. The molecule has 0 aromatic carbocycles. The zero-order valence-corrected chi connectivity index (χ0v) is 9.90. The quantitative estimate of drug-likeness (QED) is 0.601. The number of nitrogens with two attached hydrogens (primary N) is 1. The summed E-state index contributed by atoms with van der Waals surface area (Å²) in [5.74, 6) is 0. The van der Waals surface area contributed by atoms with Crippen molar-refractivity contribution in [3.8, 4) is 0 Å². The Kier molecular flexibility index (Phi) is 6.40. The molecule has 0 radical (unpaired) electrons. The van der Waals surface area contributed by atoms with Gasteiger partial charge in [-0.2, -0.15) is 0 Å². The SMILES string of the molecule is CCC(N)CCCCC(C)(C)CC. The molecule has 0 amide bonds. The molecule has 0 heterocycles. The first-order chi connectivity index (χ1) is 6.02. The predicted octanol–water partition coefficient (Wildman–Crippen LogP) is 3.72. The average molecular weight is 185 g/mol. The lowest BCUT2D eigenvalue weighted by molar-refractivity contribution is 0.305. The Morgan fingerprint density at radius 2 is 1.77 bits per heavy atom. The summed E-state index contributed by atoms with van der Waals surface area (Å²) in [6.45, 7) is 9.15. The highest BCUT2D eigenvalue weighted by atomic mass is 14.6. The summed E-state index contributed by atoms with van der Waals surface area (Å²) in [5, 5.41) is 0. The van der Waals surface area contributed by atoms with E-state index in [1.54, 1.807) is 0 Å². The fourth-order valence-electron chi connectivity index (χ4n) is 1.39. The van der Waals surface area contributed by atoms with Gasteiger partial charge in [0, 0.05) is 6.04 Å². The molecule has 1 unspecified atom stereocenters. The van der Waals surface area contributed by atoms with E-state index >= 15 is 0 Å². The molecule has 1 heteroatoms. The molecule has 13 heavy (non-hydrogen) atoms. The van der Waals surface area contributed by atoms with Crippen LogP contribution >= 0.6 is 0 Å². The van der Waals surface area contributed by atoms with Crippen molar-refractivity contribution in [2.45, 2.75) is 72.3 Å². The maximum absolute atomic E-state index is 5.86. The Morgan fingerprint density at radius 3 is 2.23 bits per heavy atom. The first kappa shape index (κ1) is 13.0. The van der Waals surface area contributed by atoms with Crippen LogP contribution in [0.3, 0.4) is 0 Å². The Labute approximate surface area is 84.1 Å². The molecule has 1 nitrogen and oxygen atoms in total. The maximum Gasteiger partial charge on any atom is 0.00362 e. The van der Waals surface area contributed by atoms with Gasteiger partial charge >= 0.3 is 0 Å². The van der Waals surface area contributed by atoms with Gasteiger partial charge in [-0.25, -0.2) is 0 Å². The van der Waals surface area contributed by atoms with Crippen LogP contribution in [0.15, 0.2) is 0 Å². The summed E-state index contributed by atoms with van der Waals surface area (Å²) in [7, 11) is 0. The Hall–Kier alpha value is -0.0400. The van der Waals surface area contributed by atoms with Gasteiger partial charge in [-0.1, -0.05) is 47.0 Å². The largest absolute Gasteiger partial charge is 0.328 e. The summed E-state index contributed by atoms with van der Waals surface area (Å²) >= 11 is 0. The van der Waals surface area contributed by atoms with Crippen LogP contribution < -0.4 is 5.73 Å². The van der Waals surface area contributed by atoms with E-state index in [0.29, 0.717) is 11.5 Å². The zero-order chi connectivity index (χ0) is 10.3. The van der Waals surface area contributed by atoms with Crippen molar-refractivity contribution >= 4 is 0 Å². The third-order valence-electron chi connectivity index (χ3n) is 3.16. The molecule has 0 aliphatic heterocycles. The smallest absolute Gasteiger partial charge is 0.00362 e. The van der Waals surface area contributed by atoms with Crippen molar-refractivity contribution in [3.05, 3.63) is 0 Å². The first-order valence-corrected chi connectivity index (χ1v) is 5.77. The van der Waals surface area contributed by atoms with Gasteiger partial charge in [-0.15, -0.1) is 0 Å². The van der Waals surface area contributed by atoms with Crippen molar-refractivity contribution < 1.29 is 0 Å². The topological polar surface area (TPSA) is 26.0 Å². The Bertz CT molecular complexity index is 118. The molecule has 0 aromatic rings. The van der Waals surface area contributed by atoms with E-state index in [4.69, 9.17) is 5.73 Å². The monoisotopic (exact) mass is 185 g/mol. The molecule has 2 N–H and O–H groups in total. The van der Waals surface area contributed by atoms with Crippen molar-refractivity contribution in [2.24, 2.45) is 11.1 Å². The lowest BCUT2D eigenvalue weighted by atomic mass is 9.84. The third kappa shape index (κ3) is 7.06. The molecule has 0 bridgehead atoms. The van der Waals surface area contributed by atoms with Crippen LogP contribution in [0.5, 0.6) is 0 Å². The first-order valence-electron chi connectivity index (χ1n) is 5.77. The van der Waals surface area contributed by atoms with Crippen LogP contribution in [0.4, 0.5) is 0 Å². The van der Waals surface area contributed by atoms with E-state index in [0.717, 1.165) is 6.42 Å². The van der Waals surface area contributed by atoms with Crippen molar-refractivity contribution in [2.75, 3.05) is 0 Å². The zero-order valence-electron chi connectivity index (χ0n) is 9.90. The molecule has 0 aromatic heterocycles. The number of hydrogen-bond acceptors (Lipinski definition) is 1. The molecule has 0 saturated carbocycles. The van der Waals surface area contributed by atoms with Crippen LogP contribution in [0.1, 0.15) is 66.2 Å². The highest BCUT2D eigenvalue weighted by molar-refractivity contribution is 4.67. The molecule has 0 spiro atoms. The van der Waals surface area contributed by atoms with Gasteiger partial charge in [-0.3, -0.25) is 0 Å². The molecule has 80 valence electrons. The molecule has 0 fully saturated rings. The predicted molar refractivity (Wildman–Crippen MR) is 60.8 cm³/mol. The summed E-state index contributed by atoms with van der Waals surface area (Å²) in [4.78, 5) is 0. The molecule has 1 atom stereocenters. The second-order valence-electron chi connectivity index (χ2n) is 4.93. The minimum Gasteiger partial charge on any atom is -0.328 e. The fraction of sp³-hybridized carbons (Fsp3) is 1.00. The van der Waals surface area contributed by atoms with E-state index in [1.807, 2.05) is 0 Å². The molecule has 0 rings (SSSR count). The number of rotatable bonds is 7. The minimum atomic E-state index is 0.435. The van der Waals surface area contributed by atoms with Gasteiger partial charge in [0.15, 0.2) is 0 Å². The minimum absolute atomic E-state index is 0.435. The van der Waals surface area contributed by atoms with E-state index in [1.165, 1.54) is 32.1 Å². The molecular formula is C12H27N. The van der Waals surface area contributed by atoms with Gasteiger partial charge in [0.25, 0.3) is 0 Å². The molecule has 0 saturated heterocycles. The van der Waals surface area contributed by atoms with Crippen LogP contribution in [0.2, 0.25) is 0 Å². The van der Waals surface area contributed by atoms with Crippen LogP contribution in [-0.2, 0) is 0 Å². The Morgan fingerprint density at radius 1 is 1.15 bits per heavy atom. The van der Waals surface area contributed by atoms with Crippen LogP contribution in [0, 0.1) is 5.41 Å². The highest BCUT2D eigenvalue weighted by Gasteiger charge is 2.13. The van der Waals surface area contributed by atoms with Gasteiger partial charge in [0.1, 0.15) is 0 Å². The van der Waals surface area contributed by atoms with Crippen LogP contribution in [0.25, 0.3) is 0 Å². The molecular weight excluding hydrogens is 158 g/mol. The maximum atomic E-state index is 5.86.